The second kappa shape index (κ2) is 5.50. The van der Waals surface area contributed by atoms with E-state index in [4.69, 9.17) is 5.73 Å². The van der Waals surface area contributed by atoms with Crippen molar-refractivity contribution in [2.75, 3.05) is 13.1 Å². The molecule has 1 aromatic rings. The van der Waals surface area contributed by atoms with Crippen LogP contribution in [0.25, 0.3) is 0 Å². The van der Waals surface area contributed by atoms with Gasteiger partial charge in [-0.3, -0.25) is 4.79 Å². The van der Waals surface area contributed by atoms with Gasteiger partial charge >= 0.3 is 0 Å². The van der Waals surface area contributed by atoms with Crippen LogP contribution in [0.4, 0.5) is 0 Å². The van der Waals surface area contributed by atoms with Crippen LogP contribution in [0.5, 0.6) is 0 Å². The van der Waals surface area contributed by atoms with Crippen LogP contribution >= 0.6 is 0 Å². The van der Waals surface area contributed by atoms with E-state index in [0.717, 1.165) is 31.5 Å². The number of benzene rings is 1. The van der Waals surface area contributed by atoms with Gasteiger partial charge < -0.3 is 15.7 Å². The van der Waals surface area contributed by atoms with Gasteiger partial charge in [0.2, 0.25) is 5.91 Å². The average molecular weight is 248 g/mol. The SMILES string of the molecule is Cc1ccc([C@H](O)[C@@H](N)C(=O)N2CCCC2)cc1. The lowest BCUT2D eigenvalue weighted by atomic mass is 10.0. The molecular weight excluding hydrogens is 228 g/mol. The zero-order chi connectivity index (χ0) is 13.1. The maximum absolute atomic E-state index is 12.1. The largest absolute Gasteiger partial charge is 0.386 e. The highest BCUT2D eigenvalue weighted by atomic mass is 16.3. The van der Waals surface area contributed by atoms with Crippen molar-refractivity contribution in [1.82, 2.24) is 4.90 Å². The number of nitrogens with two attached hydrogens (primary N) is 1. The van der Waals surface area contributed by atoms with Gasteiger partial charge in [0.25, 0.3) is 0 Å². The van der Waals surface area contributed by atoms with Gasteiger partial charge in [-0.1, -0.05) is 29.8 Å². The number of carbonyl (C=O) groups is 1. The van der Waals surface area contributed by atoms with Crippen LogP contribution in [0, 0.1) is 6.92 Å². The predicted octanol–water partition coefficient (Wildman–Crippen LogP) is 0.978. The molecule has 0 bridgehead atoms. The smallest absolute Gasteiger partial charge is 0.242 e. The fourth-order valence-electron chi connectivity index (χ4n) is 2.25. The lowest BCUT2D eigenvalue weighted by Crippen LogP contribution is -2.45. The molecule has 0 aliphatic carbocycles. The van der Waals surface area contributed by atoms with Gasteiger partial charge in [-0.15, -0.1) is 0 Å². The standard InChI is InChI=1S/C14H20N2O2/c1-10-4-6-11(7-5-10)13(17)12(15)14(18)16-8-2-3-9-16/h4-7,12-13,17H,2-3,8-9,15H2,1H3/t12-,13+/m1/s1. The summed E-state index contributed by atoms with van der Waals surface area (Å²) in [6, 6.07) is 6.58. The summed E-state index contributed by atoms with van der Waals surface area (Å²) in [6.45, 7) is 3.49. The molecule has 1 heterocycles. The van der Waals surface area contributed by atoms with E-state index in [-0.39, 0.29) is 5.91 Å². The first-order chi connectivity index (χ1) is 8.59. The van der Waals surface area contributed by atoms with Crippen molar-refractivity contribution in [3.63, 3.8) is 0 Å². The summed E-state index contributed by atoms with van der Waals surface area (Å²) in [5.74, 6) is -0.152. The number of aliphatic hydroxyl groups excluding tert-OH is 1. The number of nitrogens with zero attached hydrogens (tertiary/aromatic N) is 1. The van der Waals surface area contributed by atoms with Crippen molar-refractivity contribution in [1.29, 1.82) is 0 Å². The first-order valence-corrected chi connectivity index (χ1v) is 6.38. The molecule has 1 saturated heterocycles. The summed E-state index contributed by atoms with van der Waals surface area (Å²) >= 11 is 0. The molecule has 1 aromatic carbocycles. The second-order valence-electron chi connectivity index (χ2n) is 4.91. The first-order valence-electron chi connectivity index (χ1n) is 6.38. The summed E-state index contributed by atoms with van der Waals surface area (Å²) in [5.41, 5.74) is 7.68. The maximum Gasteiger partial charge on any atom is 0.242 e. The molecule has 0 aromatic heterocycles. The third-order valence-electron chi connectivity index (χ3n) is 3.46. The van der Waals surface area contributed by atoms with Gasteiger partial charge in [0.15, 0.2) is 0 Å². The zero-order valence-corrected chi connectivity index (χ0v) is 10.7. The van der Waals surface area contributed by atoms with E-state index in [9.17, 15) is 9.90 Å². The van der Waals surface area contributed by atoms with Crippen LogP contribution in [0.15, 0.2) is 24.3 Å². The number of carbonyl (C=O) groups excluding carboxylic acids is 1. The third kappa shape index (κ3) is 2.71. The Hall–Kier alpha value is -1.39. The number of aryl methyl sites for hydroxylation is 1. The molecule has 0 radical (unpaired) electrons. The van der Waals surface area contributed by atoms with E-state index in [1.165, 1.54) is 0 Å². The van der Waals surface area contributed by atoms with E-state index in [0.29, 0.717) is 5.56 Å². The molecule has 1 fully saturated rings. The van der Waals surface area contributed by atoms with Gasteiger partial charge in [0.1, 0.15) is 12.1 Å². The summed E-state index contributed by atoms with van der Waals surface area (Å²) in [5, 5.41) is 10.1. The molecule has 2 rings (SSSR count). The quantitative estimate of drug-likeness (QED) is 0.838. The predicted molar refractivity (Wildman–Crippen MR) is 69.9 cm³/mol. The van der Waals surface area contributed by atoms with Crippen LogP contribution in [-0.4, -0.2) is 35.0 Å². The van der Waals surface area contributed by atoms with Crippen molar-refractivity contribution in [3.05, 3.63) is 35.4 Å². The lowest BCUT2D eigenvalue weighted by molar-refractivity contribution is -0.134. The fraction of sp³-hybridized carbons (Fsp3) is 0.500. The highest BCUT2D eigenvalue weighted by molar-refractivity contribution is 5.82. The molecule has 4 heteroatoms. The lowest BCUT2D eigenvalue weighted by Gasteiger charge is -2.24. The van der Waals surface area contributed by atoms with Gasteiger partial charge in [0, 0.05) is 13.1 Å². The molecule has 1 aliphatic rings. The highest BCUT2D eigenvalue weighted by Gasteiger charge is 2.29. The maximum atomic E-state index is 12.1. The molecule has 98 valence electrons. The molecule has 2 atom stereocenters. The molecule has 4 nitrogen and oxygen atoms in total. The molecule has 3 N–H and O–H groups in total. The Labute approximate surface area is 107 Å². The van der Waals surface area contributed by atoms with E-state index in [2.05, 4.69) is 0 Å². The van der Waals surface area contributed by atoms with Crippen molar-refractivity contribution in [2.24, 2.45) is 5.73 Å². The Morgan fingerprint density at radius 3 is 2.39 bits per heavy atom. The average Bonchev–Trinajstić information content (AvgIpc) is 2.91. The topological polar surface area (TPSA) is 66.6 Å². The van der Waals surface area contributed by atoms with Gasteiger partial charge in [-0.05, 0) is 25.3 Å². The van der Waals surface area contributed by atoms with Gasteiger partial charge in [-0.25, -0.2) is 0 Å². The summed E-state index contributed by atoms with van der Waals surface area (Å²) in [6.07, 6.45) is 1.12. The first kappa shape index (κ1) is 13.1. The Kier molecular flexibility index (Phi) is 3.99. The summed E-state index contributed by atoms with van der Waals surface area (Å²) in [4.78, 5) is 13.8. The summed E-state index contributed by atoms with van der Waals surface area (Å²) < 4.78 is 0. The highest BCUT2D eigenvalue weighted by Crippen LogP contribution is 2.19. The molecule has 1 amide bonds. The van der Waals surface area contributed by atoms with E-state index >= 15 is 0 Å². The van der Waals surface area contributed by atoms with Crippen molar-refractivity contribution in [2.45, 2.75) is 31.9 Å². The molecule has 18 heavy (non-hydrogen) atoms. The Balaban J connectivity index is 2.05. The van der Waals surface area contributed by atoms with Gasteiger partial charge in [-0.2, -0.15) is 0 Å². The monoisotopic (exact) mass is 248 g/mol. The van der Waals surface area contributed by atoms with E-state index in [1.807, 2.05) is 31.2 Å². The molecule has 0 saturated carbocycles. The van der Waals surface area contributed by atoms with Crippen LogP contribution in [-0.2, 0) is 4.79 Å². The minimum absolute atomic E-state index is 0.152. The minimum atomic E-state index is -0.932. The van der Waals surface area contributed by atoms with Crippen molar-refractivity contribution >= 4 is 5.91 Å². The zero-order valence-electron chi connectivity index (χ0n) is 10.7. The molecule has 0 unspecified atom stereocenters. The van der Waals surface area contributed by atoms with Crippen molar-refractivity contribution in [3.8, 4) is 0 Å². The Morgan fingerprint density at radius 2 is 1.83 bits per heavy atom. The number of aliphatic hydroxyl groups is 1. The Morgan fingerprint density at radius 1 is 1.28 bits per heavy atom. The number of rotatable bonds is 3. The van der Waals surface area contributed by atoms with Gasteiger partial charge in [0.05, 0.1) is 0 Å². The molecule has 1 aliphatic heterocycles. The molecular formula is C14H20N2O2. The van der Waals surface area contributed by atoms with E-state index < -0.39 is 12.1 Å². The fourth-order valence-corrected chi connectivity index (χ4v) is 2.25. The number of amides is 1. The second-order valence-corrected chi connectivity index (χ2v) is 4.91. The number of likely N-dealkylation sites (tertiary alicyclic amines) is 1. The Bertz CT molecular complexity index is 410. The van der Waals surface area contributed by atoms with Crippen LogP contribution < -0.4 is 5.73 Å². The number of hydrogen-bond acceptors (Lipinski definition) is 3. The number of hydrogen-bond donors (Lipinski definition) is 2. The van der Waals surface area contributed by atoms with Crippen LogP contribution in [0.2, 0.25) is 0 Å². The summed E-state index contributed by atoms with van der Waals surface area (Å²) in [7, 11) is 0. The molecule has 0 spiro atoms. The van der Waals surface area contributed by atoms with Crippen molar-refractivity contribution < 1.29 is 9.90 Å². The van der Waals surface area contributed by atoms with Crippen LogP contribution in [0.3, 0.4) is 0 Å². The van der Waals surface area contributed by atoms with E-state index in [1.54, 1.807) is 4.90 Å². The third-order valence-corrected chi connectivity index (χ3v) is 3.46. The minimum Gasteiger partial charge on any atom is -0.386 e. The normalized spacial score (nSPS) is 18.7. The van der Waals surface area contributed by atoms with Crippen LogP contribution in [0.1, 0.15) is 30.1 Å².